The molecule has 0 radical (unpaired) electrons. The molecule has 4 rings (SSSR count). The zero-order chi connectivity index (χ0) is 15.1. The van der Waals surface area contributed by atoms with Crippen LogP contribution in [0.4, 0.5) is 5.95 Å². The molecule has 2 aromatic rings. The van der Waals surface area contributed by atoms with Crippen LogP contribution in [0.1, 0.15) is 32.1 Å². The van der Waals surface area contributed by atoms with Crippen LogP contribution in [-0.4, -0.2) is 36.5 Å². The van der Waals surface area contributed by atoms with Crippen LogP contribution in [0.3, 0.4) is 0 Å². The summed E-state index contributed by atoms with van der Waals surface area (Å²) < 4.78 is 1.90. The Balaban J connectivity index is 1.69. The smallest absolute Gasteiger partial charge is 0.223 e. The predicted octanol–water partition coefficient (Wildman–Crippen LogP) is 2.30. The average molecular weight is 317 g/mol. The molecule has 0 spiro atoms. The number of fused-ring (bicyclic) bond motifs is 1. The molecule has 7 heteroatoms. The predicted molar refractivity (Wildman–Crippen MR) is 87.3 cm³/mol. The molecule has 1 atom stereocenters. The summed E-state index contributed by atoms with van der Waals surface area (Å²) in [4.78, 5) is 13.2. The van der Waals surface area contributed by atoms with Gasteiger partial charge in [0.15, 0.2) is 5.65 Å². The SMILES string of the molecule is Nc1nc(SC2CCCC2)c2ncn(/C=C3/C[C@@H]3CO)c2n1. The van der Waals surface area contributed by atoms with Crippen LogP contribution in [0.2, 0.25) is 0 Å². The van der Waals surface area contributed by atoms with Gasteiger partial charge in [-0.3, -0.25) is 4.57 Å². The molecule has 2 saturated carbocycles. The largest absolute Gasteiger partial charge is 0.396 e. The van der Waals surface area contributed by atoms with Crippen molar-refractivity contribution in [2.75, 3.05) is 12.3 Å². The zero-order valence-electron chi connectivity index (χ0n) is 12.3. The highest BCUT2D eigenvalue weighted by Crippen LogP contribution is 2.39. The van der Waals surface area contributed by atoms with Gasteiger partial charge in [-0.15, -0.1) is 11.8 Å². The minimum absolute atomic E-state index is 0.207. The quantitative estimate of drug-likeness (QED) is 0.841. The number of aromatic nitrogens is 4. The molecule has 0 unspecified atom stereocenters. The average Bonchev–Trinajstić information content (AvgIpc) is 2.86. The van der Waals surface area contributed by atoms with Crippen LogP contribution in [0.25, 0.3) is 17.4 Å². The Morgan fingerprint density at radius 3 is 2.91 bits per heavy atom. The summed E-state index contributed by atoms with van der Waals surface area (Å²) in [5.41, 5.74) is 8.69. The third-order valence-corrected chi connectivity index (χ3v) is 5.67. The van der Waals surface area contributed by atoms with Crippen molar-refractivity contribution in [3.8, 4) is 0 Å². The van der Waals surface area contributed by atoms with E-state index < -0.39 is 0 Å². The molecular weight excluding hydrogens is 298 g/mol. The van der Waals surface area contributed by atoms with Crippen LogP contribution in [0, 0.1) is 5.92 Å². The Kier molecular flexibility index (Phi) is 3.54. The molecule has 0 bridgehead atoms. The number of aliphatic hydroxyl groups is 1. The van der Waals surface area contributed by atoms with Gasteiger partial charge in [-0.2, -0.15) is 4.98 Å². The van der Waals surface area contributed by atoms with Crippen molar-refractivity contribution >= 4 is 35.1 Å². The van der Waals surface area contributed by atoms with E-state index in [-0.39, 0.29) is 6.61 Å². The minimum Gasteiger partial charge on any atom is -0.396 e. The van der Waals surface area contributed by atoms with E-state index in [0.29, 0.717) is 17.1 Å². The number of thioether (sulfide) groups is 1. The summed E-state index contributed by atoms with van der Waals surface area (Å²) >= 11 is 1.78. The summed E-state index contributed by atoms with van der Waals surface area (Å²) in [5, 5.41) is 10.7. The Labute approximate surface area is 132 Å². The van der Waals surface area contributed by atoms with Gasteiger partial charge in [0.1, 0.15) is 16.9 Å². The second-order valence-electron chi connectivity index (χ2n) is 6.02. The molecule has 2 aliphatic rings. The number of nitrogens with two attached hydrogens (primary N) is 1. The molecule has 2 heterocycles. The fraction of sp³-hybridized carbons (Fsp3) is 0.533. The molecule has 0 saturated heterocycles. The van der Waals surface area contributed by atoms with Gasteiger partial charge in [-0.1, -0.05) is 12.8 Å². The maximum atomic E-state index is 9.15. The van der Waals surface area contributed by atoms with Crippen molar-refractivity contribution in [3.05, 3.63) is 11.9 Å². The van der Waals surface area contributed by atoms with Crippen LogP contribution in [-0.2, 0) is 0 Å². The Bertz CT molecular complexity index is 735. The monoisotopic (exact) mass is 317 g/mol. The van der Waals surface area contributed by atoms with Crippen molar-refractivity contribution in [1.82, 2.24) is 19.5 Å². The molecule has 2 aliphatic carbocycles. The van der Waals surface area contributed by atoms with Crippen molar-refractivity contribution in [1.29, 1.82) is 0 Å². The number of anilines is 1. The van der Waals surface area contributed by atoms with Crippen molar-refractivity contribution in [2.45, 2.75) is 42.4 Å². The molecular formula is C15H19N5OS. The summed E-state index contributed by atoms with van der Waals surface area (Å²) in [6.45, 7) is 0.207. The summed E-state index contributed by atoms with van der Waals surface area (Å²) in [6.07, 6.45) is 9.78. The topological polar surface area (TPSA) is 89.8 Å². The third kappa shape index (κ3) is 2.59. The van der Waals surface area contributed by atoms with Gasteiger partial charge in [0, 0.05) is 24.0 Å². The maximum Gasteiger partial charge on any atom is 0.223 e. The van der Waals surface area contributed by atoms with Gasteiger partial charge in [0.2, 0.25) is 5.95 Å². The molecule has 6 nitrogen and oxygen atoms in total. The zero-order valence-corrected chi connectivity index (χ0v) is 13.1. The Hall–Kier alpha value is -1.60. The van der Waals surface area contributed by atoms with Crippen LogP contribution < -0.4 is 5.73 Å². The lowest BCUT2D eigenvalue weighted by Gasteiger charge is -2.08. The van der Waals surface area contributed by atoms with E-state index in [1.165, 1.54) is 31.3 Å². The van der Waals surface area contributed by atoms with Crippen molar-refractivity contribution in [2.24, 2.45) is 5.92 Å². The number of nitrogen functional groups attached to an aromatic ring is 1. The highest BCUT2D eigenvalue weighted by molar-refractivity contribution is 8.00. The second kappa shape index (κ2) is 5.55. The van der Waals surface area contributed by atoms with Gasteiger partial charge in [0.25, 0.3) is 0 Å². The molecule has 0 amide bonds. The lowest BCUT2D eigenvalue weighted by atomic mass is 10.4. The summed E-state index contributed by atoms with van der Waals surface area (Å²) in [5.74, 6) is 0.589. The first-order valence-electron chi connectivity index (χ1n) is 7.72. The lowest BCUT2D eigenvalue weighted by Crippen LogP contribution is -2.01. The fourth-order valence-electron chi connectivity index (χ4n) is 2.99. The first-order valence-corrected chi connectivity index (χ1v) is 8.60. The first-order chi connectivity index (χ1) is 10.7. The number of nitrogens with zero attached hydrogens (tertiary/aromatic N) is 4. The van der Waals surface area contributed by atoms with E-state index in [0.717, 1.165) is 22.6 Å². The molecule has 0 aromatic carbocycles. The molecule has 3 N–H and O–H groups in total. The van der Waals surface area contributed by atoms with Gasteiger partial charge in [0.05, 0.1) is 0 Å². The van der Waals surface area contributed by atoms with Gasteiger partial charge in [-0.25, -0.2) is 9.97 Å². The third-order valence-electron chi connectivity index (χ3n) is 4.36. The van der Waals surface area contributed by atoms with E-state index in [9.17, 15) is 0 Å². The Morgan fingerprint density at radius 2 is 2.18 bits per heavy atom. The molecule has 22 heavy (non-hydrogen) atoms. The van der Waals surface area contributed by atoms with Gasteiger partial charge >= 0.3 is 0 Å². The highest BCUT2D eigenvalue weighted by atomic mass is 32.2. The lowest BCUT2D eigenvalue weighted by molar-refractivity contribution is 0.281. The van der Waals surface area contributed by atoms with Gasteiger partial charge in [-0.05, 0) is 24.8 Å². The minimum atomic E-state index is 0.207. The van der Waals surface area contributed by atoms with Crippen LogP contribution >= 0.6 is 11.8 Å². The van der Waals surface area contributed by atoms with E-state index in [1.807, 2.05) is 10.8 Å². The second-order valence-corrected chi connectivity index (χ2v) is 7.31. The fourth-order valence-corrected chi connectivity index (χ4v) is 4.28. The number of hydrogen-bond donors (Lipinski definition) is 2. The number of aliphatic hydroxyl groups excluding tert-OH is 1. The molecule has 2 fully saturated rings. The number of rotatable bonds is 4. The van der Waals surface area contributed by atoms with E-state index in [2.05, 4.69) is 15.0 Å². The standard InChI is InChI=1S/C15H19N5OS/c16-15-18-13-12(14(19-15)22-11-3-1-2-4-11)17-8-20(13)6-9-5-10(9)7-21/h6,8,10-11,21H,1-5,7H2,(H2,16,18,19)/b9-6-/t10-/m1/s1. The van der Waals surface area contributed by atoms with Gasteiger partial charge < -0.3 is 10.8 Å². The Morgan fingerprint density at radius 1 is 1.36 bits per heavy atom. The van der Waals surface area contributed by atoms with E-state index >= 15 is 0 Å². The summed E-state index contributed by atoms with van der Waals surface area (Å²) in [6, 6.07) is 0. The van der Waals surface area contributed by atoms with Crippen LogP contribution in [0.15, 0.2) is 16.9 Å². The first kappa shape index (κ1) is 14.0. The van der Waals surface area contributed by atoms with Crippen molar-refractivity contribution in [3.63, 3.8) is 0 Å². The highest BCUT2D eigenvalue weighted by Gasteiger charge is 2.29. The van der Waals surface area contributed by atoms with E-state index in [1.54, 1.807) is 18.1 Å². The summed E-state index contributed by atoms with van der Waals surface area (Å²) in [7, 11) is 0. The normalized spacial score (nSPS) is 23.7. The van der Waals surface area contributed by atoms with E-state index in [4.69, 9.17) is 10.8 Å². The number of hydrogen-bond acceptors (Lipinski definition) is 6. The van der Waals surface area contributed by atoms with Crippen LogP contribution in [0.5, 0.6) is 0 Å². The molecule has 116 valence electrons. The maximum absolute atomic E-state index is 9.15. The molecule has 2 aromatic heterocycles. The molecule has 0 aliphatic heterocycles. The van der Waals surface area contributed by atoms with Crippen molar-refractivity contribution < 1.29 is 5.11 Å². The number of imidazole rings is 1.